The molecule has 3 aliphatic carbocycles. The van der Waals surface area contributed by atoms with Crippen LogP contribution in [0.4, 0.5) is 0 Å². The van der Waals surface area contributed by atoms with Gasteiger partial charge in [-0.15, -0.1) is 0 Å². The minimum Gasteiger partial charge on any atom is -0.455 e. The lowest BCUT2D eigenvalue weighted by molar-refractivity contribution is 0.618. The van der Waals surface area contributed by atoms with E-state index >= 15 is 0 Å². The fourth-order valence-corrected chi connectivity index (χ4v) is 7.30. The number of hydrogen-bond donors (Lipinski definition) is 0. The molecule has 6 aromatic rings. The minimum atomic E-state index is 0.331. The van der Waals surface area contributed by atoms with Crippen molar-refractivity contribution < 1.29 is 4.42 Å². The van der Waals surface area contributed by atoms with Crippen LogP contribution in [0.1, 0.15) is 5.56 Å². The van der Waals surface area contributed by atoms with E-state index in [2.05, 4.69) is 140 Å². The van der Waals surface area contributed by atoms with Gasteiger partial charge in [-0.3, -0.25) is 0 Å². The fraction of sp³-hybridized carbons (Fsp3) is 0.0500. The monoisotopic (exact) mass is 522 g/mol. The van der Waals surface area contributed by atoms with E-state index in [9.17, 15) is 0 Å². The molecule has 41 heavy (non-hydrogen) atoms. The first-order chi connectivity index (χ1) is 20.4. The number of allylic oxidation sites excluding steroid dienone is 12. The zero-order chi connectivity index (χ0) is 26.9. The summed E-state index contributed by atoms with van der Waals surface area (Å²) in [4.78, 5) is 0. The maximum Gasteiger partial charge on any atom is 0.143 e. The molecule has 9 rings (SSSR count). The highest BCUT2D eigenvalue weighted by molar-refractivity contribution is 6.23. The Morgan fingerprint density at radius 1 is 0.488 bits per heavy atom. The summed E-state index contributed by atoms with van der Waals surface area (Å²) < 4.78 is 6.56. The molecule has 1 nitrogen and oxygen atoms in total. The van der Waals surface area contributed by atoms with E-state index < -0.39 is 0 Å². The summed E-state index contributed by atoms with van der Waals surface area (Å²) in [7, 11) is 0. The van der Waals surface area contributed by atoms with Gasteiger partial charge >= 0.3 is 0 Å². The van der Waals surface area contributed by atoms with Crippen molar-refractivity contribution in [1.82, 2.24) is 0 Å². The van der Waals surface area contributed by atoms with Gasteiger partial charge in [0.05, 0.1) is 0 Å². The second kappa shape index (κ2) is 8.68. The zero-order valence-corrected chi connectivity index (χ0v) is 22.4. The number of rotatable bonds is 2. The van der Waals surface area contributed by atoms with Crippen LogP contribution in [0, 0.1) is 11.8 Å². The van der Waals surface area contributed by atoms with Crippen LogP contribution >= 0.6 is 0 Å². The molecule has 0 amide bonds. The van der Waals surface area contributed by atoms with E-state index in [1.165, 1.54) is 49.4 Å². The van der Waals surface area contributed by atoms with Crippen LogP contribution < -0.4 is 0 Å². The first-order valence-corrected chi connectivity index (χ1v) is 14.4. The predicted molar refractivity (Wildman–Crippen MR) is 173 cm³/mol. The third-order valence-electron chi connectivity index (χ3n) is 9.05. The van der Waals surface area contributed by atoms with Gasteiger partial charge in [0.25, 0.3) is 0 Å². The molecule has 3 aliphatic rings. The van der Waals surface area contributed by atoms with Crippen molar-refractivity contribution in [1.29, 1.82) is 0 Å². The smallest absolute Gasteiger partial charge is 0.143 e. The Hall–Kier alpha value is -5.14. The summed E-state index contributed by atoms with van der Waals surface area (Å²) in [5, 5.41) is 7.33. The molecule has 0 fully saturated rings. The first-order valence-electron chi connectivity index (χ1n) is 14.4. The molecule has 0 bridgehead atoms. The highest BCUT2D eigenvalue weighted by atomic mass is 16.3. The van der Waals surface area contributed by atoms with Crippen LogP contribution in [0.15, 0.2) is 161 Å². The molecule has 1 aromatic heterocycles. The molecule has 192 valence electrons. The molecule has 2 unspecified atom stereocenters. The van der Waals surface area contributed by atoms with Gasteiger partial charge in [-0.05, 0) is 49.9 Å². The second-order valence-corrected chi connectivity index (χ2v) is 11.2. The molecule has 0 spiro atoms. The van der Waals surface area contributed by atoms with Gasteiger partial charge in [0.15, 0.2) is 0 Å². The quantitative estimate of drug-likeness (QED) is 0.206. The SMILES string of the molecule is C1=CC2=CC(c3c4ccccc4c(-c4cccc5c4oc4ccccc45)c4ccccc34)=C3C=CC=CC3C2C=C1. The van der Waals surface area contributed by atoms with Crippen LogP contribution in [0.25, 0.3) is 60.2 Å². The topological polar surface area (TPSA) is 13.1 Å². The predicted octanol–water partition coefficient (Wildman–Crippen LogP) is 10.7. The van der Waals surface area contributed by atoms with Crippen LogP contribution in [0.5, 0.6) is 0 Å². The van der Waals surface area contributed by atoms with Crippen molar-refractivity contribution in [3.63, 3.8) is 0 Å². The second-order valence-electron chi connectivity index (χ2n) is 11.2. The molecule has 0 saturated carbocycles. The molecule has 1 heterocycles. The van der Waals surface area contributed by atoms with Crippen molar-refractivity contribution in [2.45, 2.75) is 0 Å². The minimum absolute atomic E-state index is 0.331. The van der Waals surface area contributed by atoms with Crippen LogP contribution in [0.2, 0.25) is 0 Å². The average molecular weight is 523 g/mol. The molecule has 0 radical (unpaired) electrons. The summed E-state index contributed by atoms with van der Waals surface area (Å²) >= 11 is 0. The van der Waals surface area contributed by atoms with Gasteiger partial charge < -0.3 is 4.42 Å². The summed E-state index contributed by atoms with van der Waals surface area (Å²) in [6, 6.07) is 32.7. The van der Waals surface area contributed by atoms with Gasteiger partial charge in [0, 0.05) is 33.7 Å². The number of furan rings is 1. The Balaban J connectivity index is 1.42. The van der Waals surface area contributed by atoms with E-state index in [4.69, 9.17) is 4.42 Å². The number of para-hydroxylation sites is 2. The molecular formula is C40H26O. The molecule has 0 aliphatic heterocycles. The van der Waals surface area contributed by atoms with E-state index in [-0.39, 0.29) is 0 Å². The summed E-state index contributed by atoms with van der Waals surface area (Å²) in [6.07, 6.45) is 20.5. The highest BCUT2D eigenvalue weighted by Gasteiger charge is 2.32. The maximum absolute atomic E-state index is 6.56. The maximum atomic E-state index is 6.56. The molecule has 1 heteroatoms. The number of fused-ring (bicyclic) bond motifs is 8. The van der Waals surface area contributed by atoms with Gasteiger partial charge in [0.1, 0.15) is 11.2 Å². The average Bonchev–Trinajstić information content (AvgIpc) is 3.43. The van der Waals surface area contributed by atoms with Crippen molar-refractivity contribution >= 4 is 49.1 Å². The Kier molecular flexibility index (Phi) is 4.80. The van der Waals surface area contributed by atoms with Crippen LogP contribution in [-0.4, -0.2) is 0 Å². The van der Waals surface area contributed by atoms with Gasteiger partial charge in [-0.2, -0.15) is 0 Å². The number of hydrogen-bond acceptors (Lipinski definition) is 1. The third-order valence-corrected chi connectivity index (χ3v) is 9.05. The largest absolute Gasteiger partial charge is 0.455 e. The van der Waals surface area contributed by atoms with Gasteiger partial charge in [0.2, 0.25) is 0 Å². The lowest BCUT2D eigenvalue weighted by Gasteiger charge is -2.34. The third kappa shape index (κ3) is 3.24. The lowest BCUT2D eigenvalue weighted by atomic mass is 9.69. The molecule has 5 aromatic carbocycles. The Morgan fingerprint density at radius 3 is 1.85 bits per heavy atom. The summed E-state index contributed by atoms with van der Waals surface area (Å²) in [5.74, 6) is 0.708. The van der Waals surface area contributed by atoms with E-state index in [0.29, 0.717) is 11.8 Å². The molecule has 0 N–H and O–H groups in total. The standard InChI is InChI=1S/C40H26O/c1-2-13-26-25(12-1)24-36(28-15-4-3-14-27(26)28)39-32-19-7-5-17-30(32)38(31-18-6-8-20-33(31)39)35-22-11-21-34-29-16-9-10-23-37(29)41-40(34)35/h1-24,26-27H. The van der Waals surface area contributed by atoms with Crippen molar-refractivity contribution in [2.24, 2.45) is 11.8 Å². The Labute approximate surface area is 238 Å². The van der Waals surface area contributed by atoms with Crippen LogP contribution in [0.3, 0.4) is 0 Å². The highest BCUT2D eigenvalue weighted by Crippen LogP contribution is 2.49. The normalized spacial score (nSPS) is 19.4. The van der Waals surface area contributed by atoms with Crippen molar-refractivity contribution in [3.05, 3.63) is 162 Å². The van der Waals surface area contributed by atoms with Gasteiger partial charge in [-0.1, -0.05) is 140 Å². The fourth-order valence-electron chi connectivity index (χ4n) is 7.30. The Bertz CT molecular complexity index is 2200. The van der Waals surface area contributed by atoms with E-state index in [1.807, 2.05) is 6.07 Å². The molecule has 0 saturated heterocycles. The summed E-state index contributed by atoms with van der Waals surface area (Å²) in [5.41, 5.74) is 9.63. The number of benzene rings is 5. The summed E-state index contributed by atoms with van der Waals surface area (Å²) in [6.45, 7) is 0. The van der Waals surface area contributed by atoms with Gasteiger partial charge in [-0.25, -0.2) is 0 Å². The molecule has 2 atom stereocenters. The lowest BCUT2D eigenvalue weighted by Crippen LogP contribution is -2.21. The first kappa shape index (κ1) is 22.7. The van der Waals surface area contributed by atoms with E-state index in [1.54, 1.807) is 0 Å². The molecular weight excluding hydrogens is 496 g/mol. The Morgan fingerprint density at radius 2 is 1.10 bits per heavy atom. The van der Waals surface area contributed by atoms with Crippen molar-refractivity contribution in [2.75, 3.05) is 0 Å². The van der Waals surface area contributed by atoms with E-state index in [0.717, 1.165) is 27.5 Å². The zero-order valence-electron chi connectivity index (χ0n) is 22.4. The van der Waals surface area contributed by atoms with Crippen LogP contribution in [-0.2, 0) is 0 Å². The van der Waals surface area contributed by atoms with Crippen molar-refractivity contribution in [3.8, 4) is 11.1 Å².